The van der Waals surface area contributed by atoms with Crippen LogP contribution in [0.5, 0.6) is 0 Å². The Morgan fingerprint density at radius 1 is 1.22 bits per heavy atom. The van der Waals surface area contributed by atoms with E-state index in [4.69, 9.17) is 0 Å². The first kappa shape index (κ1) is 18.4. The van der Waals surface area contributed by atoms with Gasteiger partial charge >= 0.3 is 23.1 Å². The molecule has 0 N–H and O–H groups in total. The molecule has 1 aliphatic heterocycles. The van der Waals surface area contributed by atoms with Crippen molar-refractivity contribution in [1.29, 1.82) is 0 Å². The Balaban J connectivity index is 0.00000144. The Hall–Kier alpha value is 0.426. The molecule has 2 rings (SSSR count). The molecule has 1 heterocycles. The summed E-state index contributed by atoms with van der Waals surface area (Å²) in [6, 6.07) is 9.95. The molecule has 1 fully saturated rings. The van der Waals surface area contributed by atoms with Crippen molar-refractivity contribution in [1.82, 2.24) is 4.90 Å². The number of likely N-dealkylation sites (tertiary alicyclic amines) is 1. The summed E-state index contributed by atoms with van der Waals surface area (Å²) in [6.07, 6.45) is 4.14. The SMILES string of the molecule is CC(C)c1cc[c-]c(CN2CCCCC2)c1.[Br-].[Mg+2]. The summed E-state index contributed by atoms with van der Waals surface area (Å²) in [4.78, 5) is 2.56. The van der Waals surface area contributed by atoms with Crippen LogP contribution in [-0.4, -0.2) is 41.0 Å². The van der Waals surface area contributed by atoms with Gasteiger partial charge in [0, 0.05) is 6.54 Å². The van der Waals surface area contributed by atoms with Crippen LogP contribution in [0.2, 0.25) is 0 Å². The van der Waals surface area contributed by atoms with Crippen molar-refractivity contribution in [3.05, 3.63) is 35.4 Å². The van der Waals surface area contributed by atoms with Gasteiger partial charge < -0.3 is 21.9 Å². The van der Waals surface area contributed by atoms with Gasteiger partial charge in [-0.15, -0.1) is 5.56 Å². The molecule has 0 spiro atoms. The minimum atomic E-state index is 0. The van der Waals surface area contributed by atoms with E-state index in [1.165, 1.54) is 43.5 Å². The van der Waals surface area contributed by atoms with Crippen LogP contribution in [0, 0.1) is 6.07 Å². The van der Waals surface area contributed by atoms with Crippen molar-refractivity contribution in [2.24, 2.45) is 0 Å². The molecule has 0 radical (unpaired) electrons. The molecule has 3 heteroatoms. The minimum absolute atomic E-state index is 0. The van der Waals surface area contributed by atoms with Crippen molar-refractivity contribution >= 4 is 23.1 Å². The van der Waals surface area contributed by atoms with E-state index in [-0.39, 0.29) is 40.0 Å². The summed E-state index contributed by atoms with van der Waals surface area (Å²) in [5, 5.41) is 0. The van der Waals surface area contributed by atoms with E-state index < -0.39 is 0 Å². The van der Waals surface area contributed by atoms with Crippen molar-refractivity contribution in [2.45, 2.75) is 45.6 Å². The maximum atomic E-state index is 3.37. The fourth-order valence-corrected chi connectivity index (χ4v) is 2.34. The average Bonchev–Trinajstić information content (AvgIpc) is 2.30. The molecular formula is C15H22BrMgN. The standard InChI is InChI=1S/C15H22N.BrH.Mg/c1-13(2)15-8-6-7-14(11-15)12-16-9-4-3-5-10-16;;/h6,8,11,13H,3-5,9-10,12H2,1-2H3;1H;/q-1;;+2/p-1. The number of benzene rings is 1. The largest absolute Gasteiger partial charge is 2.00 e. The Labute approximate surface area is 138 Å². The van der Waals surface area contributed by atoms with Crippen LogP contribution < -0.4 is 17.0 Å². The number of rotatable bonds is 3. The predicted octanol–water partition coefficient (Wildman–Crippen LogP) is 0.219. The zero-order valence-corrected chi connectivity index (χ0v) is 14.6. The van der Waals surface area contributed by atoms with E-state index in [0.29, 0.717) is 5.92 Å². The van der Waals surface area contributed by atoms with Crippen molar-refractivity contribution in [2.75, 3.05) is 13.1 Å². The summed E-state index contributed by atoms with van der Waals surface area (Å²) >= 11 is 0. The summed E-state index contributed by atoms with van der Waals surface area (Å²) in [7, 11) is 0. The van der Waals surface area contributed by atoms with Crippen LogP contribution in [0.25, 0.3) is 0 Å². The molecule has 0 amide bonds. The third kappa shape index (κ3) is 5.60. The molecule has 1 nitrogen and oxygen atoms in total. The molecular weight excluding hydrogens is 298 g/mol. The van der Waals surface area contributed by atoms with Gasteiger partial charge in [-0.1, -0.05) is 20.3 Å². The molecule has 1 saturated heterocycles. The zero-order chi connectivity index (χ0) is 11.4. The molecule has 0 saturated carbocycles. The van der Waals surface area contributed by atoms with E-state index in [9.17, 15) is 0 Å². The predicted molar refractivity (Wildman–Crippen MR) is 74.2 cm³/mol. The molecule has 0 atom stereocenters. The van der Waals surface area contributed by atoms with Gasteiger partial charge in [0.25, 0.3) is 0 Å². The Morgan fingerprint density at radius 3 is 2.50 bits per heavy atom. The van der Waals surface area contributed by atoms with E-state index in [0.717, 1.165) is 6.54 Å². The van der Waals surface area contributed by atoms with E-state index in [1.807, 2.05) is 0 Å². The third-order valence-corrected chi connectivity index (χ3v) is 3.39. The average molecular weight is 321 g/mol. The molecule has 1 aromatic rings. The second-order valence-electron chi connectivity index (χ2n) is 5.14. The Bertz CT molecular complexity index is 335. The van der Waals surface area contributed by atoms with Crippen molar-refractivity contribution in [3.8, 4) is 0 Å². The third-order valence-electron chi connectivity index (χ3n) is 3.39. The maximum absolute atomic E-state index is 3.37. The quantitative estimate of drug-likeness (QED) is 0.569. The van der Waals surface area contributed by atoms with Gasteiger partial charge in [-0.2, -0.15) is 29.8 Å². The first-order chi connectivity index (χ1) is 7.75. The van der Waals surface area contributed by atoms with Crippen LogP contribution in [0.15, 0.2) is 18.2 Å². The number of halogens is 1. The van der Waals surface area contributed by atoms with Crippen LogP contribution in [0.1, 0.15) is 50.2 Å². The summed E-state index contributed by atoms with van der Waals surface area (Å²) in [5.41, 5.74) is 2.79. The second-order valence-corrected chi connectivity index (χ2v) is 5.14. The first-order valence-corrected chi connectivity index (χ1v) is 6.48. The molecule has 0 aromatic heterocycles. The van der Waals surface area contributed by atoms with Crippen LogP contribution in [0.4, 0.5) is 0 Å². The molecule has 0 unspecified atom stereocenters. The summed E-state index contributed by atoms with van der Waals surface area (Å²) in [5.74, 6) is 0.620. The van der Waals surface area contributed by atoms with Gasteiger partial charge in [0.05, 0.1) is 0 Å². The maximum Gasteiger partial charge on any atom is 2.00 e. The summed E-state index contributed by atoms with van der Waals surface area (Å²) < 4.78 is 0. The molecule has 0 bridgehead atoms. The van der Waals surface area contributed by atoms with Gasteiger partial charge in [-0.05, 0) is 31.8 Å². The Morgan fingerprint density at radius 2 is 1.89 bits per heavy atom. The topological polar surface area (TPSA) is 3.24 Å². The van der Waals surface area contributed by atoms with Gasteiger partial charge in [0.1, 0.15) is 0 Å². The smallest absolute Gasteiger partial charge is 1.00 e. The minimum Gasteiger partial charge on any atom is -1.00 e. The first-order valence-electron chi connectivity index (χ1n) is 6.48. The van der Waals surface area contributed by atoms with Gasteiger partial charge in [-0.25, -0.2) is 0 Å². The molecule has 18 heavy (non-hydrogen) atoms. The fourth-order valence-electron chi connectivity index (χ4n) is 2.34. The van der Waals surface area contributed by atoms with E-state index in [1.54, 1.807) is 0 Å². The van der Waals surface area contributed by atoms with Crippen LogP contribution in [0.3, 0.4) is 0 Å². The number of nitrogens with zero attached hydrogens (tertiary/aromatic N) is 1. The number of hydrogen-bond donors (Lipinski definition) is 0. The van der Waals surface area contributed by atoms with Crippen LogP contribution >= 0.6 is 0 Å². The van der Waals surface area contributed by atoms with E-state index >= 15 is 0 Å². The molecule has 1 aliphatic rings. The summed E-state index contributed by atoms with van der Waals surface area (Å²) in [6.45, 7) is 8.11. The fraction of sp³-hybridized carbons (Fsp3) is 0.600. The van der Waals surface area contributed by atoms with Crippen LogP contribution in [-0.2, 0) is 6.54 Å². The number of piperidine rings is 1. The van der Waals surface area contributed by atoms with Gasteiger partial charge in [0.15, 0.2) is 0 Å². The Kier molecular flexibility index (Phi) is 9.57. The van der Waals surface area contributed by atoms with Gasteiger partial charge in [-0.3, -0.25) is 0 Å². The normalized spacial score (nSPS) is 15.9. The monoisotopic (exact) mass is 319 g/mol. The molecule has 0 aliphatic carbocycles. The second kappa shape index (κ2) is 9.35. The number of hydrogen-bond acceptors (Lipinski definition) is 1. The zero-order valence-electron chi connectivity index (χ0n) is 11.6. The van der Waals surface area contributed by atoms with Crippen molar-refractivity contribution in [3.63, 3.8) is 0 Å². The van der Waals surface area contributed by atoms with E-state index in [2.05, 4.69) is 43.0 Å². The van der Waals surface area contributed by atoms with Crippen molar-refractivity contribution < 1.29 is 17.0 Å². The molecule has 1 aromatic carbocycles. The van der Waals surface area contributed by atoms with Gasteiger partial charge in [0.2, 0.25) is 0 Å². The molecule has 96 valence electrons.